The first-order valence-electron chi connectivity index (χ1n) is 9.07. The smallest absolute Gasteiger partial charge is 0.410 e. The monoisotopic (exact) mass is 384 g/mol. The molecule has 0 aliphatic carbocycles. The van der Waals surface area contributed by atoms with Crippen LogP contribution < -0.4 is 0 Å². The zero-order valence-corrected chi connectivity index (χ0v) is 15.9. The van der Waals surface area contributed by atoms with E-state index in [1.165, 1.54) is 0 Å². The van der Waals surface area contributed by atoms with E-state index in [4.69, 9.17) is 16.3 Å². The second-order valence-electron chi connectivity index (χ2n) is 6.85. The molecule has 0 saturated carbocycles. The summed E-state index contributed by atoms with van der Waals surface area (Å²) in [7, 11) is 0. The number of benzene rings is 1. The number of likely N-dealkylation sites (tertiary alicyclic amines) is 1. The molecule has 0 spiro atoms. The Kier molecular flexibility index (Phi) is 4.99. The van der Waals surface area contributed by atoms with E-state index in [-0.39, 0.29) is 18.6 Å². The number of carbonyl (C=O) groups excluding carboxylic acids is 1. The highest BCUT2D eigenvalue weighted by atomic mass is 35.5. The maximum atomic E-state index is 12.5. The summed E-state index contributed by atoms with van der Waals surface area (Å²) < 4.78 is 7.53. The first-order chi connectivity index (χ1) is 13.1. The van der Waals surface area contributed by atoms with Gasteiger partial charge in [-0.15, -0.1) is 0 Å². The van der Waals surface area contributed by atoms with E-state index in [0.29, 0.717) is 18.2 Å². The fourth-order valence-electron chi connectivity index (χ4n) is 3.61. The van der Waals surface area contributed by atoms with Crippen LogP contribution in [0.15, 0.2) is 42.7 Å². The van der Waals surface area contributed by atoms with Gasteiger partial charge in [-0.25, -0.2) is 14.8 Å². The van der Waals surface area contributed by atoms with E-state index in [1.807, 2.05) is 41.7 Å². The number of hydrogen-bond acceptors (Lipinski definition) is 4. The summed E-state index contributed by atoms with van der Waals surface area (Å²) in [6.45, 7) is 3.56. The van der Waals surface area contributed by atoms with Crippen molar-refractivity contribution in [2.75, 3.05) is 13.1 Å². The molecule has 3 aromatic rings. The molecule has 140 valence electrons. The lowest BCUT2D eigenvalue weighted by atomic mass is 9.97. The van der Waals surface area contributed by atoms with E-state index in [9.17, 15) is 4.79 Å². The van der Waals surface area contributed by atoms with Crippen LogP contribution in [0.25, 0.3) is 5.52 Å². The fourth-order valence-corrected chi connectivity index (χ4v) is 3.79. The van der Waals surface area contributed by atoms with Crippen LogP contribution in [0.4, 0.5) is 4.79 Å². The Morgan fingerprint density at radius 1 is 1.26 bits per heavy atom. The third-order valence-electron chi connectivity index (χ3n) is 4.97. The van der Waals surface area contributed by atoms with E-state index in [1.54, 1.807) is 17.3 Å². The van der Waals surface area contributed by atoms with Crippen LogP contribution in [0.3, 0.4) is 0 Å². The molecule has 4 rings (SSSR count). The molecule has 6 nitrogen and oxygen atoms in total. The topological polar surface area (TPSA) is 59.7 Å². The Balaban J connectivity index is 1.48. The van der Waals surface area contributed by atoms with Gasteiger partial charge in [0, 0.05) is 30.9 Å². The molecule has 1 fully saturated rings. The van der Waals surface area contributed by atoms with Crippen LogP contribution in [-0.2, 0) is 11.3 Å². The highest BCUT2D eigenvalue weighted by Crippen LogP contribution is 2.29. The van der Waals surface area contributed by atoms with Crippen molar-refractivity contribution < 1.29 is 9.53 Å². The van der Waals surface area contributed by atoms with Gasteiger partial charge in [0.1, 0.15) is 17.9 Å². The van der Waals surface area contributed by atoms with Crippen LogP contribution in [0.2, 0.25) is 5.15 Å². The van der Waals surface area contributed by atoms with Gasteiger partial charge >= 0.3 is 6.09 Å². The number of ether oxygens (including phenoxy) is 1. The normalized spacial score (nSPS) is 17.3. The standard InChI is InChI=1S/C20H21ClN4O2/c1-14-10-22-18(21)17-11-23-19(25(14)17)16-8-5-9-24(12-16)20(26)27-13-15-6-3-2-4-7-15/h2-4,6-7,10-11,16H,5,8-9,12-13H2,1H3. The first-order valence-corrected chi connectivity index (χ1v) is 9.45. The molecule has 1 saturated heterocycles. The van der Waals surface area contributed by atoms with Gasteiger partial charge in [-0.05, 0) is 25.3 Å². The molecule has 1 amide bonds. The molecule has 1 aromatic carbocycles. The minimum atomic E-state index is -0.277. The maximum absolute atomic E-state index is 12.5. The van der Waals surface area contributed by atoms with Crippen LogP contribution in [0, 0.1) is 6.92 Å². The number of imidazole rings is 1. The predicted molar refractivity (Wildman–Crippen MR) is 103 cm³/mol. The van der Waals surface area contributed by atoms with E-state index in [0.717, 1.165) is 35.4 Å². The summed E-state index contributed by atoms with van der Waals surface area (Å²) in [6, 6.07) is 9.71. The number of rotatable bonds is 3. The van der Waals surface area contributed by atoms with Gasteiger partial charge in [-0.3, -0.25) is 4.40 Å². The quantitative estimate of drug-likeness (QED) is 0.678. The molecular formula is C20H21ClN4O2. The number of aromatic nitrogens is 3. The van der Waals surface area contributed by atoms with Crippen molar-refractivity contribution in [2.24, 2.45) is 0 Å². The highest BCUT2D eigenvalue weighted by Gasteiger charge is 2.29. The maximum Gasteiger partial charge on any atom is 0.410 e. The Labute approximate surface area is 162 Å². The summed E-state index contributed by atoms with van der Waals surface area (Å²) in [5.41, 5.74) is 2.76. The lowest BCUT2D eigenvalue weighted by molar-refractivity contribution is 0.0853. The zero-order chi connectivity index (χ0) is 18.8. The summed E-state index contributed by atoms with van der Waals surface area (Å²) in [5.74, 6) is 1.06. The summed E-state index contributed by atoms with van der Waals surface area (Å²) in [5, 5.41) is 0.439. The van der Waals surface area contributed by atoms with Crippen molar-refractivity contribution in [1.29, 1.82) is 0 Å². The number of fused-ring (bicyclic) bond motifs is 1. The number of halogens is 1. The largest absolute Gasteiger partial charge is 0.445 e. The number of amides is 1. The molecule has 1 aliphatic heterocycles. The second-order valence-corrected chi connectivity index (χ2v) is 7.21. The number of nitrogens with zero attached hydrogens (tertiary/aromatic N) is 4. The average molecular weight is 385 g/mol. The van der Waals surface area contributed by atoms with Crippen LogP contribution in [0.1, 0.15) is 35.8 Å². The molecule has 0 N–H and O–H groups in total. The number of piperidine rings is 1. The van der Waals surface area contributed by atoms with E-state index in [2.05, 4.69) is 9.97 Å². The molecule has 7 heteroatoms. The molecular weight excluding hydrogens is 364 g/mol. The van der Waals surface area contributed by atoms with Crippen molar-refractivity contribution in [3.05, 3.63) is 65.0 Å². The van der Waals surface area contributed by atoms with Crippen molar-refractivity contribution >= 4 is 23.2 Å². The molecule has 1 unspecified atom stereocenters. The molecule has 1 atom stereocenters. The summed E-state index contributed by atoms with van der Waals surface area (Å²) >= 11 is 6.20. The molecule has 2 aromatic heterocycles. The van der Waals surface area contributed by atoms with Gasteiger partial charge in [0.25, 0.3) is 0 Å². The average Bonchev–Trinajstić information content (AvgIpc) is 3.16. The van der Waals surface area contributed by atoms with Gasteiger partial charge in [-0.1, -0.05) is 41.9 Å². The number of aryl methyl sites for hydroxylation is 1. The third kappa shape index (κ3) is 3.62. The van der Waals surface area contributed by atoms with Gasteiger partial charge in [-0.2, -0.15) is 0 Å². The SMILES string of the molecule is Cc1cnc(Cl)c2cnc(C3CCCN(C(=O)OCc4ccccc4)C3)n12. The lowest BCUT2D eigenvalue weighted by Gasteiger charge is -2.31. The van der Waals surface area contributed by atoms with Crippen molar-refractivity contribution in [3.63, 3.8) is 0 Å². The minimum Gasteiger partial charge on any atom is -0.445 e. The lowest BCUT2D eigenvalue weighted by Crippen LogP contribution is -2.39. The second kappa shape index (κ2) is 7.56. The predicted octanol–water partition coefficient (Wildman–Crippen LogP) is 4.21. The Hall–Kier alpha value is -2.60. The van der Waals surface area contributed by atoms with Crippen LogP contribution >= 0.6 is 11.6 Å². The van der Waals surface area contributed by atoms with E-state index >= 15 is 0 Å². The molecule has 27 heavy (non-hydrogen) atoms. The molecule has 3 heterocycles. The summed E-state index contributed by atoms with van der Waals surface area (Å²) in [6.07, 6.45) is 5.11. The third-order valence-corrected chi connectivity index (χ3v) is 5.26. The Bertz CT molecular complexity index is 957. The minimum absolute atomic E-state index is 0.141. The van der Waals surface area contributed by atoms with Crippen molar-refractivity contribution in [1.82, 2.24) is 19.3 Å². The first kappa shape index (κ1) is 17.8. The van der Waals surface area contributed by atoms with E-state index < -0.39 is 0 Å². The Morgan fingerprint density at radius 3 is 2.89 bits per heavy atom. The number of hydrogen-bond donors (Lipinski definition) is 0. The molecule has 0 bridgehead atoms. The fraction of sp³-hybridized carbons (Fsp3) is 0.350. The summed E-state index contributed by atoms with van der Waals surface area (Å²) in [4.78, 5) is 23.1. The van der Waals surface area contributed by atoms with Gasteiger partial charge < -0.3 is 9.64 Å². The zero-order valence-electron chi connectivity index (χ0n) is 15.1. The molecule has 0 radical (unpaired) electrons. The van der Waals surface area contributed by atoms with Gasteiger partial charge in [0.15, 0.2) is 5.15 Å². The molecule has 1 aliphatic rings. The van der Waals surface area contributed by atoms with Crippen molar-refractivity contribution in [2.45, 2.75) is 32.3 Å². The van der Waals surface area contributed by atoms with Gasteiger partial charge in [0.05, 0.1) is 6.20 Å². The highest BCUT2D eigenvalue weighted by molar-refractivity contribution is 6.32. The van der Waals surface area contributed by atoms with Gasteiger partial charge in [0.2, 0.25) is 0 Å². The van der Waals surface area contributed by atoms with Crippen LogP contribution in [-0.4, -0.2) is 38.5 Å². The Morgan fingerprint density at radius 2 is 2.07 bits per heavy atom. The van der Waals surface area contributed by atoms with Crippen molar-refractivity contribution in [3.8, 4) is 0 Å². The van der Waals surface area contributed by atoms with Crippen LogP contribution in [0.5, 0.6) is 0 Å². The number of carbonyl (C=O) groups is 1.